The van der Waals surface area contributed by atoms with Gasteiger partial charge in [-0.15, -0.1) is 0 Å². The summed E-state index contributed by atoms with van der Waals surface area (Å²) in [5, 5.41) is 0. The third-order valence-electron chi connectivity index (χ3n) is 5.63. The first-order valence-electron chi connectivity index (χ1n) is 9.48. The topological polar surface area (TPSA) is 57.7 Å². The SMILES string of the molecule is CC(=O)N1CCc2cc(Br)c(S(=O)(=O)N3CCCC3c3cccc(C)c3)cc21. The zero-order chi connectivity index (χ0) is 20.1. The molecule has 2 aromatic carbocycles. The summed E-state index contributed by atoms with van der Waals surface area (Å²) in [4.78, 5) is 13.8. The molecule has 1 amide bonds. The summed E-state index contributed by atoms with van der Waals surface area (Å²) in [6, 6.07) is 11.4. The summed E-state index contributed by atoms with van der Waals surface area (Å²) in [6.07, 6.45) is 2.38. The van der Waals surface area contributed by atoms with Crippen LogP contribution in [0.15, 0.2) is 45.8 Å². The van der Waals surface area contributed by atoms with Gasteiger partial charge in [0.05, 0.1) is 10.9 Å². The van der Waals surface area contributed by atoms with Crippen LogP contribution in [0.4, 0.5) is 5.69 Å². The van der Waals surface area contributed by atoms with Gasteiger partial charge in [-0.1, -0.05) is 29.8 Å². The number of aryl methyl sites for hydroxylation is 1. The maximum absolute atomic E-state index is 13.6. The van der Waals surface area contributed by atoms with Gasteiger partial charge in [0.15, 0.2) is 0 Å². The Morgan fingerprint density at radius 2 is 1.96 bits per heavy atom. The van der Waals surface area contributed by atoms with E-state index in [0.717, 1.165) is 36.0 Å². The summed E-state index contributed by atoms with van der Waals surface area (Å²) in [5.74, 6) is -0.0665. The maximum Gasteiger partial charge on any atom is 0.244 e. The number of hydrogen-bond acceptors (Lipinski definition) is 3. The van der Waals surface area contributed by atoms with E-state index in [1.807, 2.05) is 31.2 Å². The predicted molar refractivity (Wildman–Crippen MR) is 113 cm³/mol. The van der Waals surface area contributed by atoms with Crippen LogP contribution in [0.25, 0.3) is 0 Å². The molecule has 0 saturated carbocycles. The van der Waals surface area contributed by atoms with Gasteiger partial charge in [-0.3, -0.25) is 4.79 Å². The third kappa shape index (κ3) is 3.29. The van der Waals surface area contributed by atoms with Gasteiger partial charge in [0.2, 0.25) is 15.9 Å². The molecule has 1 unspecified atom stereocenters. The number of carbonyl (C=O) groups is 1. The van der Waals surface area contributed by atoms with Crippen molar-refractivity contribution in [2.45, 2.75) is 44.0 Å². The van der Waals surface area contributed by atoms with Crippen molar-refractivity contribution < 1.29 is 13.2 Å². The van der Waals surface area contributed by atoms with Crippen molar-refractivity contribution in [3.05, 3.63) is 57.6 Å². The van der Waals surface area contributed by atoms with Crippen LogP contribution >= 0.6 is 15.9 Å². The number of rotatable bonds is 3. The molecule has 1 saturated heterocycles. The Bertz CT molecular complexity index is 1050. The van der Waals surface area contributed by atoms with Crippen molar-refractivity contribution >= 4 is 37.5 Å². The minimum atomic E-state index is -3.70. The highest BCUT2D eigenvalue weighted by Gasteiger charge is 2.38. The summed E-state index contributed by atoms with van der Waals surface area (Å²) < 4.78 is 29.4. The van der Waals surface area contributed by atoms with E-state index in [2.05, 4.69) is 22.0 Å². The zero-order valence-electron chi connectivity index (χ0n) is 16.0. The second-order valence-corrected chi connectivity index (χ2v) is 10.2. The quantitative estimate of drug-likeness (QED) is 0.686. The van der Waals surface area contributed by atoms with E-state index in [1.165, 1.54) is 6.92 Å². The molecule has 0 spiro atoms. The summed E-state index contributed by atoms with van der Waals surface area (Å²) in [6.45, 7) is 4.63. The van der Waals surface area contributed by atoms with Crippen molar-refractivity contribution in [1.29, 1.82) is 0 Å². The van der Waals surface area contributed by atoms with Crippen LogP contribution in [-0.4, -0.2) is 31.7 Å². The second-order valence-electron chi connectivity index (χ2n) is 7.52. The number of benzene rings is 2. The molecule has 2 heterocycles. The molecule has 0 N–H and O–H groups in total. The van der Waals surface area contributed by atoms with Crippen LogP contribution in [0.3, 0.4) is 0 Å². The molecule has 28 heavy (non-hydrogen) atoms. The lowest BCUT2D eigenvalue weighted by Crippen LogP contribution is -2.31. The Balaban J connectivity index is 1.76. The van der Waals surface area contributed by atoms with Gasteiger partial charge >= 0.3 is 0 Å². The van der Waals surface area contributed by atoms with E-state index < -0.39 is 10.0 Å². The van der Waals surface area contributed by atoms with Crippen LogP contribution in [0.2, 0.25) is 0 Å². The molecular weight excluding hydrogens is 440 g/mol. The smallest absolute Gasteiger partial charge is 0.244 e. The Kier molecular flexibility index (Phi) is 5.10. The molecule has 2 aromatic rings. The van der Waals surface area contributed by atoms with Gasteiger partial charge in [-0.25, -0.2) is 8.42 Å². The molecule has 5 nitrogen and oxygen atoms in total. The van der Waals surface area contributed by atoms with Crippen molar-refractivity contribution in [3.8, 4) is 0 Å². The van der Waals surface area contributed by atoms with E-state index in [4.69, 9.17) is 0 Å². The molecule has 1 atom stereocenters. The number of carbonyl (C=O) groups excluding carboxylic acids is 1. The molecular formula is C21H23BrN2O3S. The molecule has 0 aromatic heterocycles. The monoisotopic (exact) mass is 462 g/mol. The first-order valence-corrected chi connectivity index (χ1v) is 11.7. The Labute approximate surface area is 174 Å². The van der Waals surface area contributed by atoms with E-state index in [1.54, 1.807) is 15.3 Å². The lowest BCUT2D eigenvalue weighted by atomic mass is 10.0. The third-order valence-corrected chi connectivity index (χ3v) is 8.49. The van der Waals surface area contributed by atoms with Crippen LogP contribution in [0.1, 0.15) is 42.5 Å². The average Bonchev–Trinajstić information content (AvgIpc) is 3.28. The molecule has 0 aliphatic carbocycles. The number of amides is 1. The van der Waals surface area contributed by atoms with Gasteiger partial charge in [-0.2, -0.15) is 4.31 Å². The number of fused-ring (bicyclic) bond motifs is 1. The fourth-order valence-corrected chi connectivity index (χ4v) is 7.03. The standard InChI is InChI=1S/C21H23BrN2O3S/c1-14-5-3-6-16(11-14)19-7-4-9-24(19)28(26,27)21-13-20-17(12-18(21)22)8-10-23(20)15(2)25/h3,5-6,11-13,19H,4,7-10H2,1-2H3. The number of halogens is 1. The van der Waals surface area contributed by atoms with E-state index >= 15 is 0 Å². The van der Waals surface area contributed by atoms with Crippen molar-refractivity contribution in [1.82, 2.24) is 4.31 Å². The van der Waals surface area contributed by atoms with Crippen molar-refractivity contribution in [2.24, 2.45) is 0 Å². The fourth-order valence-electron chi connectivity index (χ4n) is 4.28. The molecule has 2 aliphatic rings. The van der Waals surface area contributed by atoms with Gasteiger partial charge in [0, 0.05) is 30.2 Å². The van der Waals surface area contributed by atoms with Gasteiger partial charge in [0.1, 0.15) is 0 Å². The Morgan fingerprint density at radius 1 is 1.18 bits per heavy atom. The first kappa shape index (κ1) is 19.6. The molecule has 148 valence electrons. The van der Waals surface area contributed by atoms with E-state index in [0.29, 0.717) is 23.2 Å². The molecule has 0 radical (unpaired) electrons. The average molecular weight is 463 g/mol. The largest absolute Gasteiger partial charge is 0.312 e. The first-order chi connectivity index (χ1) is 13.3. The van der Waals surface area contributed by atoms with Gasteiger partial charge in [0.25, 0.3) is 0 Å². The highest BCUT2D eigenvalue weighted by molar-refractivity contribution is 9.10. The summed E-state index contributed by atoms with van der Waals surface area (Å²) in [7, 11) is -3.70. The highest BCUT2D eigenvalue weighted by Crippen LogP contribution is 2.41. The van der Waals surface area contributed by atoms with Crippen molar-refractivity contribution in [3.63, 3.8) is 0 Å². The lowest BCUT2D eigenvalue weighted by molar-refractivity contribution is -0.116. The molecule has 1 fully saturated rings. The maximum atomic E-state index is 13.6. The van der Waals surface area contributed by atoms with Crippen LogP contribution in [0, 0.1) is 6.92 Å². The summed E-state index contributed by atoms with van der Waals surface area (Å²) in [5.41, 5.74) is 3.86. The van der Waals surface area contributed by atoms with E-state index in [9.17, 15) is 13.2 Å². The van der Waals surface area contributed by atoms with Crippen LogP contribution in [0.5, 0.6) is 0 Å². The minimum Gasteiger partial charge on any atom is -0.312 e. The zero-order valence-corrected chi connectivity index (χ0v) is 18.4. The molecule has 0 bridgehead atoms. The minimum absolute atomic E-state index is 0.0665. The molecule has 4 rings (SSSR count). The Hall–Kier alpha value is -1.70. The Morgan fingerprint density at radius 3 is 2.68 bits per heavy atom. The second kappa shape index (κ2) is 7.28. The number of nitrogens with zero attached hydrogens (tertiary/aromatic N) is 2. The van der Waals surface area contributed by atoms with E-state index in [-0.39, 0.29) is 16.8 Å². The number of hydrogen-bond donors (Lipinski definition) is 0. The van der Waals surface area contributed by atoms with Crippen LogP contribution < -0.4 is 4.90 Å². The van der Waals surface area contributed by atoms with Gasteiger partial charge < -0.3 is 4.90 Å². The highest BCUT2D eigenvalue weighted by atomic mass is 79.9. The fraction of sp³-hybridized carbons (Fsp3) is 0.381. The van der Waals surface area contributed by atoms with Gasteiger partial charge in [-0.05, 0) is 65.4 Å². The number of anilines is 1. The summed E-state index contributed by atoms with van der Waals surface area (Å²) >= 11 is 3.47. The number of sulfonamides is 1. The molecule has 2 aliphatic heterocycles. The van der Waals surface area contributed by atoms with Crippen LogP contribution in [-0.2, 0) is 21.2 Å². The normalized spacial score (nSPS) is 19.8. The lowest BCUT2D eigenvalue weighted by Gasteiger charge is -2.26. The van der Waals surface area contributed by atoms with Crippen molar-refractivity contribution in [2.75, 3.05) is 18.0 Å². The molecule has 7 heteroatoms. The predicted octanol–water partition coefficient (Wildman–Crippen LogP) is 4.19.